The highest BCUT2D eigenvalue weighted by molar-refractivity contribution is 5.65. The second-order valence-corrected chi connectivity index (χ2v) is 4.46. The summed E-state index contributed by atoms with van der Waals surface area (Å²) in [5, 5.41) is 8.80. The first-order chi connectivity index (χ1) is 8.18. The van der Waals surface area contributed by atoms with Gasteiger partial charge in [0.25, 0.3) is 0 Å². The zero-order valence-electron chi connectivity index (χ0n) is 9.87. The Balaban J connectivity index is 1.67. The van der Waals surface area contributed by atoms with E-state index < -0.39 is 6.09 Å². The Hall–Kier alpha value is -1.55. The normalized spacial score (nSPS) is 22.2. The molecule has 0 radical (unpaired) electrons. The van der Waals surface area contributed by atoms with Gasteiger partial charge in [0, 0.05) is 19.0 Å². The molecule has 2 unspecified atom stereocenters. The number of amides is 1. The molecule has 1 fully saturated rings. The van der Waals surface area contributed by atoms with Crippen molar-refractivity contribution >= 4 is 6.09 Å². The van der Waals surface area contributed by atoms with Gasteiger partial charge in [-0.25, -0.2) is 4.79 Å². The van der Waals surface area contributed by atoms with Crippen LogP contribution < -0.4 is 0 Å². The van der Waals surface area contributed by atoms with Crippen LogP contribution in [0.3, 0.4) is 0 Å². The number of benzene rings is 1. The quantitative estimate of drug-likeness (QED) is 0.851. The van der Waals surface area contributed by atoms with E-state index in [1.165, 1.54) is 4.90 Å². The lowest BCUT2D eigenvalue weighted by molar-refractivity contribution is 0.101. The molecule has 0 bridgehead atoms. The smallest absolute Gasteiger partial charge is 0.407 e. The van der Waals surface area contributed by atoms with Crippen LogP contribution in [0, 0.1) is 5.92 Å². The van der Waals surface area contributed by atoms with Gasteiger partial charge >= 0.3 is 6.09 Å². The van der Waals surface area contributed by atoms with E-state index in [1.54, 1.807) is 7.05 Å². The topological polar surface area (TPSA) is 49.8 Å². The van der Waals surface area contributed by atoms with Crippen molar-refractivity contribution in [3.8, 4) is 0 Å². The molecule has 17 heavy (non-hydrogen) atoms. The van der Waals surface area contributed by atoms with Crippen molar-refractivity contribution in [3.63, 3.8) is 0 Å². The molecule has 1 amide bonds. The van der Waals surface area contributed by atoms with Gasteiger partial charge in [-0.3, -0.25) is 0 Å². The maximum atomic E-state index is 10.7. The lowest BCUT2D eigenvalue weighted by atomic mass is 10.2. The van der Waals surface area contributed by atoms with E-state index >= 15 is 0 Å². The number of carboxylic acid groups (broad SMARTS) is 1. The van der Waals surface area contributed by atoms with Gasteiger partial charge in [-0.15, -0.1) is 0 Å². The molecule has 1 N–H and O–H groups in total. The van der Waals surface area contributed by atoms with Crippen LogP contribution in [0.4, 0.5) is 4.79 Å². The van der Waals surface area contributed by atoms with E-state index in [2.05, 4.69) is 0 Å². The zero-order valence-corrected chi connectivity index (χ0v) is 9.87. The Morgan fingerprint density at radius 2 is 2.18 bits per heavy atom. The van der Waals surface area contributed by atoms with Crippen molar-refractivity contribution in [3.05, 3.63) is 35.9 Å². The summed E-state index contributed by atoms with van der Waals surface area (Å²) in [6, 6.07) is 10.1. The maximum Gasteiger partial charge on any atom is 0.407 e. The molecule has 0 aromatic heterocycles. The van der Waals surface area contributed by atoms with E-state index in [0.29, 0.717) is 19.1 Å². The fourth-order valence-electron chi connectivity index (χ4n) is 1.93. The van der Waals surface area contributed by atoms with Crippen LogP contribution in [0.25, 0.3) is 0 Å². The monoisotopic (exact) mass is 235 g/mol. The van der Waals surface area contributed by atoms with E-state index in [9.17, 15) is 4.79 Å². The van der Waals surface area contributed by atoms with Crippen molar-refractivity contribution < 1.29 is 14.6 Å². The SMILES string of the molecule is CN(C(=O)O)C1CC1COCc1ccccc1. The van der Waals surface area contributed by atoms with Crippen molar-refractivity contribution in [1.29, 1.82) is 0 Å². The molecule has 0 saturated heterocycles. The summed E-state index contributed by atoms with van der Waals surface area (Å²) >= 11 is 0. The summed E-state index contributed by atoms with van der Waals surface area (Å²) in [6.45, 7) is 1.23. The Morgan fingerprint density at radius 1 is 1.47 bits per heavy atom. The van der Waals surface area contributed by atoms with Gasteiger partial charge in [-0.05, 0) is 12.0 Å². The molecule has 1 aliphatic carbocycles. The first-order valence-electron chi connectivity index (χ1n) is 5.76. The minimum atomic E-state index is -0.861. The third kappa shape index (κ3) is 3.20. The maximum absolute atomic E-state index is 10.7. The van der Waals surface area contributed by atoms with Crippen LogP contribution in [-0.4, -0.2) is 35.8 Å². The molecule has 1 aliphatic rings. The van der Waals surface area contributed by atoms with Crippen molar-refractivity contribution in [2.45, 2.75) is 19.1 Å². The average molecular weight is 235 g/mol. The van der Waals surface area contributed by atoms with Gasteiger partial charge < -0.3 is 14.7 Å². The third-order valence-corrected chi connectivity index (χ3v) is 3.13. The van der Waals surface area contributed by atoms with Crippen LogP contribution in [0.1, 0.15) is 12.0 Å². The fraction of sp³-hybridized carbons (Fsp3) is 0.462. The number of hydrogen-bond acceptors (Lipinski definition) is 2. The van der Waals surface area contributed by atoms with Crippen molar-refractivity contribution in [2.24, 2.45) is 5.92 Å². The second kappa shape index (κ2) is 5.19. The molecule has 1 saturated carbocycles. The lowest BCUT2D eigenvalue weighted by Crippen LogP contribution is -2.28. The van der Waals surface area contributed by atoms with E-state index in [-0.39, 0.29) is 6.04 Å². The Bertz CT molecular complexity index is 380. The summed E-state index contributed by atoms with van der Waals surface area (Å²) in [7, 11) is 1.62. The molecular formula is C13H17NO3. The summed E-state index contributed by atoms with van der Waals surface area (Å²) in [5.74, 6) is 0.361. The van der Waals surface area contributed by atoms with E-state index in [0.717, 1.165) is 12.0 Å². The molecule has 2 rings (SSSR count). The minimum Gasteiger partial charge on any atom is -0.465 e. The molecule has 92 valence electrons. The first-order valence-corrected chi connectivity index (χ1v) is 5.76. The van der Waals surface area contributed by atoms with Crippen LogP contribution in [0.5, 0.6) is 0 Å². The van der Waals surface area contributed by atoms with Crippen LogP contribution in [-0.2, 0) is 11.3 Å². The van der Waals surface area contributed by atoms with Crippen LogP contribution in [0.15, 0.2) is 30.3 Å². The molecule has 0 aliphatic heterocycles. The number of nitrogens with zero attached hydrogens (tertiary/aromatic N) is 1. The fourth-order valence-corrected chi connectivity index (χ4v) is 1.93. The molecule has 4 heteroatoms. The molecule has 0 spiro atoms. The second-order valence-electron chi connectivity index (χ2n) is 4.46. The van der Waals surface area contributed by atoms with Crippen molar-refractivity contribution in [1.82, 2.24) is 4.90 Å². The van der Waals surface area contributed by atoms with Crippen LogP contribution >= 0.6 is 0 Å². The highest BCUT2D eigenvalue weighted by atomic mass is 16.5. The summed E-state index contributed by atoms with van der Waals surface area (Å²) < 4.78 is 5.58. The third-order valence-electron chi connectivity index (χ3n) is 3.13. The average Bonchev–Trinajstić information content (AvgIpc) is 3.09. The van der Waals surface area contributed by atoms with Gasteiger partial charge in [0.15, 0.2) is 0 Å². The Labute approximate surface area is 101 Å². The van der Waals surface area contributed by atoms with Gasteiger partial charge in [-0.2, -0.15) is 0 Å². The van der Waals surface area contributed by atoms with Gasteiger partial charge in [0.1, 0.15) is 0 Å². The molecule has 2 atom stereocenters. The lowest BCUT2D eigenvalue weighted by Gasteiger charge is -2.12. The molecule has 4 nitrogen and oxygen atoms in total. The predicted octanol–water partition coefficient (Wildman–Crippen LogP) is 2.20. The standard InChI is InChI=1S/C13H17NO3/c1-14(13(15)16)12-7-11(12)9-17-8-10-5-3-2-4-6-10/h2-6,11-12H,7-9H2,1H3,(H,15,16). The molecule has 1 aromatic rings. The van der Waals surface area contributed by atoms with E-state index in [1.807, 2.05) is 30.3 Å². The summed E-state index contributed by atoms with van der Waals surface area (Å²) in [4.78, 5) is 12.1. The Kier molecular flexibility index (Phi) is 3.64. The summed E-state index contributed by atoms with van der Waals surface area (Å²) in [6.07, 6.45) is 0.0537. The number of rotatable bonds is 5. The van der Waals surface area contributed by atoms with Gasteiger partial charge in [-0.1, -0.05) is 30.3 Å². The molecular weight excluding hydrogens is 218 g/mol. The molecule has 1 aromatic carbocycles. The zero-order chi connectivity index (χ0) is 12.3. The minimum absolute atomic E-state index is 0.142. The highest BCUT2D eigenvalue weighted by Gasteiger charge is 2.42. The van der Waals surface area contributed by atoms with Gasteiger partial charge in [0.2, 0.25) is 0 Å². The summed E-state index contributed by atoms with van der Waals surface area (Å²) in [5.41, 5.74) is 1.15. The number of carbonyl (C=O) groups is 1. The van der Waals surface area contributed by atoms with E-state index in [4.69, 9.17) is 9.84 Å². The number of ether oxygens (including phenoxy) is 1. The van der Waals surface area contributed by atoms with Crippen LogP contribution in [0.2, 0.25) is 0 Å². The Morgan fingerprint density at radius 3 is 2.82 bits per heavy atom. The molecule has 0 heterocycles. The van der Waals surface area contributed by atoms with Gasteiger partial charge in [0.05, 0.1) is 13.2 Å². The number of hydrogen-bond donors (Lipinski definition) is 1. The predicted molar refractivity (Wildman–Crippen MR) is 63.8 cm³/mol. The largest absolute Gasteiger partial charge is 0.465 e. The first kappa shape index (κ1) is 11.9. The van der Waals surface area contributed by atoms with Crippen molar-refractivity contribution in [2.75, 3.05) is 13.7 Å². The highest BCUT2D eigenvalue weighted by Crippen LogP contribution is 2.35.